The minimum atomic E-state index is -0.177. The largest absolute Gasteiger partial charge is 0.369 e. The van der Waals surface area contributed by atoms with Crippen molar-refractivity contribution in [3.05, 3.63) is 60.4 Å². The molecule has 1 aromatic heterocycles. The highest BCUT2D eigenvalue weighted by Crippen LogP contribution is 2.20. The van der Waals surface area contributed by atoms with Gasteiger partial charge >= 0.3 is 0 Å². The van der Waals surface area contributed by atoms with Gasteiger partial charge in [-0.1, -0.05) is 6.07 Å². The van der Waals surface area contributed by atoms with Crippen LogP contribution in [-0.2, 0) is 0 Å². The Morgan fingerprint density at radius 1 is 1.19 bits per heavy atom. The predicted molar refractivity (Wildman–Crippen MR) is 102 cm³/mol. The van der Waals surface area contributed by atoms with E-state index in [-0.39, 0.29) is 5.91 Å². The predicted octanol–water partition coefficient (Wildman–Crippen LogP) is 3.15. The summed E-state index contributed by atoms with van der Waals surface area (Å²) in [5.74, 6) is -0.177. The number of hydrogen-bond donors (Lipinski definition) is 1. The van der Waals surface area contributed by atoms with E-state index in [1.807, 2.05) is 30.3 Å². The molecule has 26 heavy (non-hydrogen) atoms. The van der Waals surface area contributed by atoms with Crippen LogP contribution in [0.3, 0.4) is 0 Å². The van der Waals surface area contributed by atoms with Crippen LogP contribution in [0.15, 0.2) is 54.9 Å². The van der Waals surface area contributed by atoms with Crippen molar-refractivity contribution >= 4 is 17.3 Å². The van der Waals surface area contributed by atoms with Crippen LogP contribution in [0, 0.1) is 0 Å². The molecule has 0 saturated carbocycles. The maximum atomic E-state index is 12.5. The molecule has 0 fully saturated rings. The van der Waals surface area contributed by atoms with Crippen molar-refractivity contribution in [3.63, 3.8) is 0 Å². The lowest BCUT2D eigenvalue weighted by Gasteiger charge is -2.27. The molecule has 0 spiro atoms. The molecule has 7 heteroatoms. The van der Waals surface area contributed by atoms with Crippen molar-refractivity contribution in [2.45, 2.75) is 26.8 Å². The average Bonchev–Trinajstić information content (AvgIpc) is 3.18. The second-order valence-corrected chi connectivity index (χ2v) is 6.19. The molecule has 2 aromatic carbocycles. The van der Waals surface area contributed by atoms with Crippen LogP contribution in [0.2, 0.25) is 0 Å². The molecule has 0 atom stereocenters. The molecule has 0 bridgehead atoms. The van der Waals surface area contributed by atoms with E-state index in [1.165, 1.54) is 11.0 Å². The first-order valence-corrected chi connectivity index (χ1v) is 8.60. The summed E-state index contributed by atoms with van der Waals surface area (Å²) in [6, 6.07) is 15.5. The Hall–Kier alpha value is -3.22. The summed E-state index contributed by atoms with van der Waals surface area (Å²) in [5, 5.41) is 14.0. The van der Waals surface area contributed by atoms with Gasteiger partial charge in [0.25, 0.3) is 5.91 Å². The van der Waals surface area contributed by atoms with Crippen LogP contribution >= 0.6 is 0 Å². The van der Waals surface area contributed by atoms with Crippen molar-refractivity contribution in [3.8, 4) is 5.69 Å². The van der Waals surface area contributed by atoms with Crippen molar-refractivity contribution in [2.75, 3.05) is 16.8 Å². The van der Waals surface area contributed by atoms with Gasteiger partial charge in [-0.3, -0.25) is 4.79 Å². The Kier molecular flexibility index (Phi) is 5.26. The third kappa shape index (κ3) is 3.88. The van der Waals surface area contributed by atoms with E-state index in [9.17, 15) is 4.79 Å². The van der Waals surface area contributed by atoms with E-state index in [0.29, 0.717) is 11.6 Å². The highest BCUT2D eigenvalue weighted by atomic mass is 16.1. The molecule has 3 rings (SSSR count). The van der Waals surface area contributed by atoms with Crippen LogP contribution < -0.4 is 10.2 Å². The molecule has 0 aliphatic carbocycles. The quantitative estimate of drug-likeness (QED) is 0.739. The van der Waals surface area contributed by atoms with E-state index in [0.717, 1.165) is 23.6 Å². The van der Waals surface area contributed by atoms with Gasteiger partial charge in [-0.15, -0.1) is 5.10 Å². The molecule has 0 aliphatic heterocycles. The van der Waals surface area contributed by atoms with E-state index in [4.69, 9.17) is 0 Å². The SMILES string of the molecule is CCN(c1ccc(NC(=O)c2cccc(-n3cnnn3)c2)cc1)C(C)C. The number of carbonyl (C=O) groups is 1. The van der Waals surface area contributed by atoms with Gasteiger partial charge in [0.15, 0.2) is 0 Å². The molecule has 7 nitrogen and oxygen atoms in total. The molecule has 134 valence electrons. The molecular formula is C19H22N6O. The first kappa shape index (κ1) is 17.6. The molecule has 3 aromatic rings. The van der Waals surface area contributed by atoms with E-state index in [1.54, 1.807) is 18.2 Å². The highest BCUT2D eigenvalue weighted by molar-refractivity contribution is 6.04. The summed E-state index contributed by atoms with van der Waals surface area (Å²) in [4.78, 5) is 14.8. The van der Waals surface area contributed by atoms with Crippen LogP contribution in [0.1, 0.15) is 31.1 Å². The van der Waals surface area contributed by atoms with Crippen molar-refractivity contribution in [1.29, 1.82) is 0 Å². The van der Waals surface area contributed by atoms with Gasteiger partial charge in [0.05, 0.1) is 5.69 Å². The molecule has 0 unspecified atom stereocenters. The van der Waals surface area contributed by atoms with Crippen LogP contribution in [0.5, 0.6) is 0 Å². The zero-order valence-electron chi connectivity index (χ0n) is 15.1. The maximum absolute atomic E-state index is 12.5. The Balaban J connectivity index is 1.73. The van der Waals surface area contributed by atoms with Gasteiger partial charge in [0.2, 0.25) is 0 Å². The summed E-state index contributed by atoms with van der Waals surface area (Å²) in [6.07, 6.45) is 1.49. The third-order valence-electron chi connectivity index (χ3n) is 4.14. The Bertz CT molecular complexity index is 858. The van der Waals surface area contributed by atoms with E-state index in [2.05, 4.69) is 46.5 Å². The van der Waals surface area contributed by atoms with Crippen molar-refractivity contribution in [2.24, 2.45) is 0 Å². The normalized spacial score (nSPS) is 10.8. The van der Waals surface area contributed by atoms with Gasteiger partial charge in [-0.25, -0.2) is 4.68 Å². The number of carbonyl (C=O) groups excluding carboxylic acids is 1. The number of benzene rings is 2. The van der Waals surface area contributed by atoms with Crippen molar-refractivity contribution in [1.82, 2.24) is 20.2 Å². The van der Waals surface area contributed by atoms with Gasteiger partial charge in [-0.2, -0.15) is 0 Å². The zero-order chi connectivity index (χ0) is 18.5. The van der Waals surface area contributed by atoms with E-state index < -0.39 is 0 Å². The molecular weight excluding hydrogens is 328 g/mol. The minimum Gasteiger partial charge on any atom is -0.369 e. The average molecular weight is 350 g/mol. The number of tetrazole rings is 1. The molecule has 1 heterocycles. The fraction of sp³-hybridized carbons (Fsp3) is 0.263. The lowest BCUT2D eigenvalue weighted by molar-refractivity contribution is 0.102. The number of aromatic nitrogens is 4. The number of anilines is 2. The lowest BCUT2D eigenvalue weighted by atomic mass is 10.1. The fourth-order valence-electron chi connectivity index (χ4n) is 2.85. The first-order valence-electron chi connectivity index (χ1n) is 8.60. The molecule has 0 saturated heterocycles. The van der Waals surface area contributed by atoms with Gasteiger partial charge in [0.1, 0.15) is 6.33 Å². The second-order valence-electron chi connectivity index (χ2n) is 6.19. The lowest BCUT2D eigenvalue weighted by Crippen LogP contribution is -2.30. The molecule has 0 radical (unpaired) electrons. The summed E-state index contributed by atoms with van der Waals surface area (Å²) < 4.78 is 1.51. The zero-order valence-corrected chi connectivity index (χ0v) is 15.1. The second kappa shape index (κ2) is 7.77. The smallest absolute Gasteiger partial charge is 0.255 e. The van der Waals surface area contributed by atoms with Gasteiger partial charge in [-0.05, 0) is 73.7 Å². The van der Waals surface area contributed by atoms with E-state index >= 15 is 0 Å². The van der Waals surface area contributed by atoms with Gasteiger partial charge < -0.3 is 10.2 Å². The molecule has 1 N–H and O–H groups in total. The van der Waals surface area contributed by atoms with Crippen LogP contribution in [0.4, 0.5) is 11.4 Å². The minimum absolute atomic E-state index is 0.177. The number of rotatable bonds is 6. The first-order chi connectivity index (χ1) is 12.6. The highest BCUT2D eigenvalue weighted by Gasteiger charge is 2.10. The van der Waals surface area contributed by atoms with Crippen molar-refractivity contribution < 1.29 is 4.79 Å². The Morgan fingerprint density at radius 2 is 1.96 bits per heavy atom. The number of hydrogen-bond acceptors (Lipinski definition) is 5. The monoisotopic (exact) mass is 350 g/mol. The van der Waals surface area contributed by atoms with Gasteiger partial charge in [0, 0.05) is 29.5 Å². The summed E-state index contributed by atoms with van der Waals surface area (Å²) in [6.45, 7) is 7.40. The fourth-order valence-corrected chi connectivity index (χ4v) is 2.85. The summed E-state index contributed by atoms with van der Waals surface area (Å²) in [7, 11) is 0. The Morgan fingerprint density at radius 3 is 2.58 bits per heavy atom. The van der Waals surface area contributed by atoms with Crippen LogP contribution in [-0.4, -0.2) is 38.7 Å². The van der Waals surface area contributed by atoms with Crippen LogP contribution in [0.25, 0.3) is 5.69 Å². The third-order valence-corrected chi connectivity index (χ3v) is 4.14. The topological polar surface area (TPSA) is 75.9 Å². The number of nitrogens with one attached hydrogen (secondary N) is 1. The molecule has 0 aliphatic rings. The number of amides is 1. The Labute approximate surface area is 152 Å². The summed E-state index contributed by atoms with van der Waals surface area (Å²) >= 11 is 0. The maximum Gasteiger partial charge on any atom is 0.255 e. The number of nitrogens with zero attached hydrogens (tertiary/aromatic N) is 5. The standard InChI is InChI=1S/C19H22N6O/c1-4-24(14(2)3)17-10-8-16(9-11-17)21-19(26)15-6-5-7-18(12-15)25-13-20-22-23-25/h5-14H,4H2,1-3H3,(H,21,26). The summed E-state index contributed by atoms with van der Waals surface area (Å²) in [5.41, 5.74) is 3.17. The molecule has 1 amide bonds.